The quantitative estimate of drug-likeness (QED) is 0.727. The first-order valence-corrected chi connectivity index (χ1v) is 6.89. The van der Waals surface area contributed by atoms with Gasteiger partial charge < -0.3 is 15.8 Å². The van der Waals surface area contributed by atoms with Gasteiger partial charge in [-0.1, -0.05) is 23.4 Å². The summed E-state index contributed by atoms with van der Waals surface area (Å²) in [6.07, 6.45) is 0. The van der Waals surface area contributed by atoms with Crippen molar-refractivity contribution >= 4 is 40.9 Å². The monoisotopic (exact) mass is 313 g/mol. The van der Waals surface area contributed by atoms with Gasteiger partial charge in [0.1, 0.15) is 5.75 Å². The van der Waals surface area contributed by atoms with E-state index in [4.69, 9.17) is 22.1 Å². The van der Waals surface area contributed by atoms with E-state index < -0.39 is 0 Å². The third-order valence-electron chi connectivity index (χ3n) is 2.25. The molecule has 0 saturated heterocycles. The van der Waals surface area contributed by atoms with Crippen molar-refractivity contribution in [2.45, 2.75) is 5.16 Å². The van der Waals surface area contributed by atoms with E-state index in [1.165, 1.54) is 18.9 Å². The number of benzene rings is 1. The number of rotatable bonds is 5. The SMILES string of the molecule is COc1ccc(NC(=O)CSc2n[nH]c(N)n2)cc1Cl. The summed E-state index contributed by atoms with van der Waals surface area (Å²) in [4.78, 5) is 15.6. The van der Waals surface area contributed by atoms with Crippen molar-refractivity contribution in [3.05, 3.63) is 23.2 Å². The maximum Gasteiger partial charge on any atom is 0.234 e. The molecule has 9 heteroatoms. The zero-order valence-electron chi connectivity index (χ0n) is 10.5. The Balaban J connectivity index is 1.89. The summed E-state index contributed by atoms with van der Waals surface area (Å²) >= 11 is 7.15. The zero-order chi connectivity index (χ0) is 14.5. The lowest BCUT2D eigenvalue weighted by molar-refractivity contribution is -0.113. The number of nitrogens with two attached hydrogens (primary N) is 1. The fourth-order valence-corrected chi connectivity index (χ4v) is 2.26. The van der Waals surface area contributed by atoms with Crippen LogP contribution in [0, 0.1) is 0 Å². The van der Waals surface area contributed by atoms with Gasteiger partial charge in [0.2, 0.25) is 17.0 Å². The van der Waals surface area contributed by atoms with Crippen molar-refractivity contribution in [1.29, 1.82) is 0 Å². The van der Waals surface area contributed by atoms with Gasteiger partial charge in [-0.05, 0) is 18.2 Å². The molecule has 0 aliphatic rings. The second-order valence-electron chi connectivity index (χ2n) is 3.69. The molecule has 0 radical (unpaired) electrons. The van der Waals surface area contributed by atoms with Crippen molar-refractivity contribution in [3.63, 3.8) is 0 Å². The smallest absolute Gasteiger partial charge is 0.234 e. The van der Waals surface area contributed by atoms with E-state index in [0.29, 0.717) is 21.6 Å². The van der Waals surface area contributed by atoms with E-state index in [1.807, 2.05) is 0 Å². The summed E-state index contributed by atoms with van der Waals surface area (Å²) in [5, 5.41) is 9.88. The van der Waals surface area contributed by atoms with Gasteiger partial charge in [0, 0.05) is 5.69 Å². The lowest BCUT2D eigenvalue weighted by atomic mass is 10.3. The number of ether oxygens (including phenoxy) is 1. The average molecular weight is 314 g/mol. The molecular formula is C11H12ClN5O2S. The number of thioether (sulfide) groups is 1. The van der Waals surface area contributed by atoms with Crippen LogP contribution >= 0.6 is 23.4 Å². The highest BCUT2D eigenvalue weighted by atomic mass is 35.5. The molecule has 0 saturated carbocycles. The molecule has 106 valence electrons. The summed E-state index contributed by atoms with van der Waals surface area (Å²) < 4.78 is 5.03. The van der Waals surface area contributed by atoms with Crippen LogP contribution in [0.3, 0.4) is 0 Å². The Morgan fingerprint density at radius 1 is 1.60 bits per heavy atom. The molecule has 0 aliphatic heterocycles. The maximum absolute atomic E-state index is 11.8. The Morgan fingerprint density at radius 2 is 2.40 bits per heavy atom. The molecule has 1 aromatic carbocycles. The van der Waals surface area contributed by atoms with Crippen LogP contribution in [0.15, 0.2) is 23.4 Å². The number of hydrogen-bond donors (Lipinski definition) is 3. The molecule has 0 atom stereocenters. The molecule has 2 aromatic rings. The molecule has 1 heterocycles. The summed E-state index contributed by atoms with van der Waals surface area (Å²) in [5.41, 5.74) is 5.98. The van der Waals surface area contributed by atoms with Crippen molar-refractivity contribution in [2.24, 2.45) is 0 Å². The van der Waals surface area contributed by atoms with Crippen molar-refractivity contribution in [3.8, 4) is 5.75 Å². The number of aromatic nitrogens is 3. The lowest BCUT2D eigenvalue weighted by Crippen LogP contribution is -2.14. The first-order valence-electron chi connectivity index (χ1n) is 5.52. The van der Waals surface area contributed by atoms with Gasteiger partial charge in [-0.25, -0.2) is 5.10 Å². The van der Waals surface area contributed by atoms with Gasteiger partial charge in [0.25, 0.3) is 0 Å². The van der Waals surface area contributed by atoms with E-state index in [1.54, 1.807) is 18.2 Å². The highest BCUT2D eigenvalue weighted by molar-refractivity contribution is 7.99. The Bertz CT molecular complexity index is 619. The highest BCUT2D eigenvalue weighted by Gasteiger charge is 2.08. The third-order valence-corrected chi connectivity index (χ3v) is 3.39. The molecule has 0 fully saturated rings. The number of halogens is 1. The average Bonchev–Trinajstić information content (AvgIpc) is 2.82. The Kier molecular flexibility index (Phi) is 4.70. The maximum atomic E-state index is 11.8. The molecule has 7 nitrogen and oxygen atoms in total. The van der Waals surface area contributed by atoms with Crippen LogP contribution in [-0.4, -0.2) is 34.0 Å². The van der Waals surface area contributed by atoms with E-state index in [-0.39, 0.29) is 17.6 Å². The summed E-state index contributed by atoms with van der Waals surface area (Å²) in [5.74, 6) is 0.741. The molecule has 1 aromatic heterocycles. The van der Waals surface area contributed by atoms with Gasteiger partial charge in [-0.2, -0.15) is 4.98 Å². The molecule has 0 unspecified atom stereocenters. The predicted molar refractivity (Wildman–Crippen MR) is 78.2 cm³/mol. The number of nitrogens with zero attached hydrogens (tertiary/aromatic N) is 2. The Labute approximate surface area is 124 Å². The fourth-order valence-electron chi connectivity index (χ4n) is 1.39. The number of nitrogen functional groups attached to an aromatic ring is 1. The zero-order valence-corrected chi connectivity index (χ0v) is 12.1. The molecular weight excluding hydrogens is 302 g/mol. The molecule has 1 amide bonds. The largest absolute Gasteiger partial charge is 0.495 e. The molecule has 4 N–H and O–H groups in total. The fraction of sp³-hybridized carbons (Fsp3) is 0.182. The van der Waals surface area contributed by atoms with Crippen molar-refractivity contribution in [2.75, 3.05) is 23.9 Å². The second-order valence-corrected chi connectivity index (χ2v) is 5.04. The first-order chi connectivity index (χ1) is 9.58. The molecule has 0 aliphatic carbocycles. The van der Waals surface area contributed by atoms with E-state index in [0.717, 1.165) is 0 Å². The molecule has 2 rings (SSSR count). The van der Waals surface area contributed by atoms with E-state index in [9.17, 15) is 4.79 Å². The minimum atomic E-state index is -0.195. The number of nitrogens with one attached hydrogen (secondary N) is 2. The number of methoxy groups -OCH3 is 1. The van der Waals surface area contributed by atoms with Crippen LogP contribution in [0.5, 0.6) is 5.75 Å². The van der Waals surface area contributed by atoms with Crippen LogP contribution in [0.4, 0.5) is 11.6 Å². The summed E-state index contributed by atoms with van der Waals surface area (Å²) in [6, 6.07) is 5.01. The van der Waals surface area contributed by atoms with Gasteiger partial charge in [-0.15, -0.1) is 5.10 Å². The van der Waals surface area contributed by atoms with E-state index >= 15 is 0 Å². The normalized spacial score (nSPS) is 10.3. The minimum Gasteiger partial charge on any atom is -0.495 e. The lowest BCUT2D eigenvalue weighted by Gasteiger charge is -2.07. The van der Waals surface area contributed by atoms with Crippen LogP contribution in [0.25, 0.3) is 0 Å². The number of anilines is 2. The second kappa shape index (κ2) is 6.49. The molecule has 0 spiro atoms. The molecule has 20 heavy (non-hydrogen) atoms. The number of aromatic amines is 1. The van der Waals surface area contributed by atoms with Crippen LogP contribution < -0.4 is 15.8 Å². The Hall–Kier alpha value is -1.93. The number of H-pyrrole nitrogens is 1. The Morgan fingerprint density at radius 3 is 3.00 bits per heavy atom. The van der Waals surface area contributed by atoms with E-state index in [2.05, 4.69) is 20.5 Å². The van der Waals surface area contributed by atoms with Gasteiger partial charge in [-0.3, -0.25) is 4.79 Å². The standard InChI is InChI=1S/C11H12ClN5O2S/c1-19-8-3-2-6(4-7(8)12)14-9(18)5-20-11-15-10(13)16-17-11/h2-4H,5H2,1H3,(H,14,18)(H3,13,15,16,17). The van der Waals surface area contributed by atoms with Crippen LogP contribution in [0.2, 0.25) is 5.02 Å². The predicted octanol–water partition coefficient (Wildman–Crippen LogP) is 1.78. The van der Waals surface area contributed by atoms with Crippen LogP contribution in [0.1, 0.15) is 0 Å². The number of carbonyl (C=O) groups excluding carboxylic acids is 1. The highest BCUT2D eigenvalue weighted by Crippen LogP contribution is 2.27. The van der Waals surface area contributed by atoms with Gasteiger partial charge >= 0.3 is 0 Å². The molecule has 0 bridgehead atoms. The minimum absolute atomic E-state index is 0.168. The van der Waals surface area contributed by atoms with Gasteiger partial charge in [0.05, 0.1) is 17.9 Å². The van der Waals surface area contributed by atoms with Crippen molar-refractivity contribution in [1.82, 2.24) is 15.2 Å². The summed E-state index contributed by atoms with van der Waals surface area (Å²) in [6.45, 7) is 0. The third kappa shape index (κ3) is 3.78. The number of carbonyl (C=O) groups is 1. The topological polar surface area (TPSA) is 106 Å². The van der Waals surface area contributed by atoms with Gasteiger partial charge in [0.15, 0.2) is 0 Å². The first kappa shape index (κ1) is 14.5. The van der Waals surface area contributed by atoms with Crippen LogP contribution in [-0.2, 0) is 4.79 Å². The van der Waals surface area contributed by atoms with Crippen molar-refractivity contribution < 1.29 is 9.53 Å². The summed E-state index contributed by atoms with van der Waals surface area (Å²) in [7, 11) is 1.53. The number of amides is 1. The number of hydrogen-bond acceptors (Lipinski definition) is 6.